The third kappa shape index (κ3) is 4.10. The fraction of sp³-hybridized carbons (Fsp3) is 0.273. The van der Waals surface area contributed by atoms with E-state index in [1.54, 1.807) is 47.8 Å². The van der Waals surface area contributed by atoms with Gasteiger partial charge in [-0.15, -0.1) is 11.3 Å². The van der Waals surface area contributed by atoms with E-state index in [4.69, 9.17) is 4.74 Å². The van der Waals surface area contributed by atoms with Crippen LogP contribution in [0.2, 0.25) is 0 Å². The number of nitrogens with zero attached hydrogens (tertiary/aromatic N) is 1. The van der Waals surface area contributed by atoms with Crippen molar-refractivity contribution in [1.29, 1.82) is 0 Å². The van der Waals surface area contributed by atoms with E-state index in [1.165, 1.54) is 22.8 Å². The molecule has 0 aliphatic carbocycles. The van der Waals surface area contributed by atoms with Crippen molar-refractivity contribution in [2.24, 2.45) is 0 Å². The Labute approximate surface area is 192 Å². The molecule has 1 N–H and O–H groups in total. The maximum Gasteiger partial charge on any atom is 0.273 e. The molecule has 7 nitrogen and oxygen atoms in total. The van der Waals surface area contributed by atoms with Crippen molar-refractivity contribution < 1.29 is 21.6 Å². The number of sulfonamides is 2. The van der Waals surface area contributed by atoms with E-state index in [0.29, 0.717) is 30.8 Å². The lowest BCUT2D eigenvalue weighted by atomic mass is 10.0. The van der Waals surface area contributed by atoms with Crippen molar-refractivity contribution >= 4 is 42.8 Å². The van der Waals surface area contributed by atoms with Gasteiger partial charge < -0.3 is 4.74 Å². The SMILES string of the molecule is COc1cc(C)c(C)cc1S(=O)(=O)Nc1ccc2c(c1)CCCN2S(=O)(=O)c1cccs1. The lowest BCUT2D eigenvalue weighted by molar-refractivity contribution is 0.402. The standard InChI is InChI=1S/C22H24N2O5S3/c1-15-12-20(29-3)21(13-16(15)2)31(25,26)23-18-8-9-19-17(14-18)6-4-10-24(19)32(27,28)22-7-5-11-30-22/h5,7-9,11-14,23H,4,6,10H2,1-3H3. The maximum absolute atomic E-state index is 13.1. The highest BCUT2D eigenvalue weighted by Gasteiger charge is 2.30. The number of thiophene rings is 1. The second-order valence-electron chi connectivity index (χ2n) is 7.65. The third-order valence-electron chi connectivity index (χ3n) is 5.52. The second kappa shape index (κ2) is 8.42. The molecule has 2 aromatic carbocycles. The van der Waals surface area contributed by atoms with E-state index in [1.807, 2.05) is 13.8 Å². The van der Waals surface area contributed by atoms with E-state index in [2.05, 4.69) is 4.72 Å². The molecule has 0 fully saturated rings. The molecule has 170 valence electrons. The molecule has 32 heavy (non-hydrogen) atoms. The lowest BCUT2D eigenvalue weighted by Crippen LogP contribution is -2.35. The molecular weight excluding hydrogens is 468 g/mol. The Morgan fingerprint density at radius 3 is 2.47 bits per heavy atom. The van der Waals surface area contributed by atoms with Crippen LogP contribution in [0.4, 0.5) is 11.4 Å². The molecule has 10 heteroatoms. The molecule has 0 radical (unpaired) electrons. The fourth-order valence-corrected chi connectivity index (χ4v) is 7.67. The second-order valence-corrected chi connectivity index (χ2v) is 12.3. The molecule has 3 aromatic rings. The van der Waals surface area contributed by atoms with Crippen molar-refractivity contribution in [3.63, 3.8) is 0 Å². The Morgan fingerprint density at radius 1 is 1.03 bits per heavy atom. The summed E-state index contributed by atoms with van der Waals surface area (Å²) in [5.74, 6) is 0.270. The fourth-order valence-electron chi connectivity index (χ4n) is 3.74. The van der Waals surface area contributed by atoms with Gasteiger partial charge in [-0.3, -0.25) is 9.03 Å². The Kier molecular flexibility index (Phi) is 5.95. The van der Waals surface area contributed by atoms with Gasteiger partial charge in [0.05, 0.1) is 12.8 Å². The highest BCUT2D eigenvalue weighted by Crippen LogP contribution is 2.36. The molecule has 0 unspecified atom stereocenters. The summed E-state index contributed by atoms with van der Waals surface area (Å²) in [6.07, 6.45) is 1.31. The van der Waals surface area contributed by atoms with Crippen LogP contribution in [-0.4, -0.2) is 30.5 Å². The number of hydrogen-bond acceptors (Lipinski definition) is 6. The molecule has 1 aliphatic rings. The van der Waals surface area contributed by atoms with Gasteiger partial charge in [0.1, 0.15) is 14.9 Å². The van der Waals surface area contributed by atoms with E-state index in [9.17, 15) is 16.8 Å². The largest absolute Gasteiger partial charge is 0.495 e. The monoisotopic (exact) mass is 492 g/mol. The first kappa shape index (κ1) is 22.6. The number of methoxy groups -OCH3 is 1. The Hall–Kier alpha value is -2.56. The molecule has 0 amide bonds. The quantitative estimate of drug-likeness (QED) is 0.553. The summed E-state index contributed by atoms with van der Waals surface area (Å²) in [5, 5.41) is 1.73. The van der Waals surface area contributed by atoms with Gasteiger partial charge >= 0.3 is 0 Å². The van der Waals surface area contributed by atoms with Crippen LogP contribution in [0.25, 0.3) is 0 Å². The predicted molar refractivity (Wildman–Crippen MR) is 127 cm³/mol. The number of hydrogen-bond donors (Lipinski definition) is 1. The van der Waals surface area contributed by atoms with Gasteiger partial charge in [0.25, 0.3) is 20.0 Å². The third-order valence-corrected chi connectivity index (χ3v) is 10.1. The summed E-state index contributed by atoms with van der Waals surface area (Å²) in [4.78, 5) is 0.0581. The van der Waals surface area contributed by atoms with Crippen LogP contribution in [0, 0.1) is 13.8 Å². The van der Waals surface area contributed by atoms with Crippen LogP contribution in [0.5, 0.6) is 5.75 Å². The minimum Gasteiger partial charge on any atom is -0.495 e. The highest BCUT2D eigenvalue weighted by molar-refractivity contribution is 7.94. The van der Waals surface area contributed by atoms with Crippen molar-refractivity contribution in [1.82, 2.24) is 0 Å². The predicted octanol–water partition coefficient (Wildman–Crippen LogP) is 4.32. The molecule has 0 bridgehead atoms. The number of nitrogens with one attached hydrogen (secondary N) is 1. The molecule has 0 spiro atoms. The summed E-state index contributed by atoms with van der Waals surface area (Å²) < 4.78 is 61.9. The van der Waals surface area contributed by atoms with Crippen molar-refractivity contribution in [2.75, 3.05) is 22.7 Å². The van der Waals surface area contributed by atoms with Gasteiger partial charge in [0, 0.05) is 12.2 Å². The van der Waals surface area contributed by atoms with Crippen molar-refractivity contribution in [3.05, 3.63) is 64.5 Å². The van der Waals surface area contributed by atoms with Crippen molar-refractivity contribution in [3.8, 4) is 5.75 Å². The summed E-state index contributed by atoms with van der Waals surface area (Å²) in [6, 6.07) is 11.5. The average molecular weight is 493 g/mol. The number of ether oxygens (including phenoxy) is 1. The van der Waals surface area contributed by atoms with Crippen LogP contribution in [0.3, 0.4) is 0 Å². The molecule has 1 aromatic heterocycles. The van der Waals surface area contributed by atoms with E-state index < -0.39 is 20.0 Å². The highest BCUT2D eigenvalue weighted by atomic mass is 32.2. The average Bonchev–Trinajstić information content (AvgIpc) is 3.30. The maximum atomic E-state index is 13.1. The first-order chi connectivity index (χ1) is 15.1. The van der Waals surface area contributed by atoms with Gasteiger partial charge in [0.2, 0.25) is 0 Å². The number of rotatable bonds is 6. The van der Waals surface area contributed by atoms with E-state index in [0.717, 1.165) is 16.7 Å². The molecule has 4 rings (SSSR count). The van der Waals surface area contributed by atoms with Crippen LogP contribution in [0.1, 0.15) is 23.1 Å². The van der Waals surface area contributed by atoms with Gasteiger partial charge in [0.15, 0.2) is 0 Å². The molecule has 2 heterocycles. The first-order valence-electron chi connectivity index (χ1n) is 10.0. The zero-order valence-corrected chi connectivity index (χ0v) is 20.4. The van der Waals surface area contributed by atoms with E-state index in [-0.39, 0.29) is 14.9 Å². The normalized spacial score (nSPS) is 14.2. The van der Waals surface area contributed by atoms with Crippen molar-refractivity contribution in [2.45, 2.75) is 35.8 Å². The zero-order chi connectivity index (χ0) is 23.1. The van der Waals surface area contributed by atoms with Gasteiger partial charge in [-0.2, -0.15) is 0 Å². The molecule has 0 saturated carbocycles. The Bertz CT molecular complexity index is 1360. The number of fused-ring (bicyclic) bond motifs is 1. The molecule has 0 saturated heterocycles. The Morgan fingerprint density at radius 2 is 1.78 bits per heavy atom. The van der Waals surface area contributed by atoms with Gasteiger partial charge in [-0.05, 0) is 85.2 Å². The minimum atomic E-state index is -3.90. The summed E-state index contributed by atoms with van der Waals surface area (Å²) >= 11 is 1.18. The number of anilines is 2. The smallest absolute Gasteiger partial charge is 0.273 e. The molecular formula is C22H24N2O5S3. The van der Waals surface area contributed by atoms with Crippen LogP contribution in [-0.2, 0) is 26.5 Å². The van der Waals surface area contributed by atoms with Gasteiger partial charge in [-0.1, -0.05) is 6.07 Å². The van der Waals surface area contributed by atoms with Gasteiger partial charge in [-0.25, -0.2) is 16.8 Å². The van der Waals surface area contributed by atoms with Crippen LogP contribution >= 0.6 is 11.3 Å². The Balaban J connectivity index is 1.68. The number of aryl methyl sites for hydroxylation is 3. The first-order valence-corrected chi connectivity index (χ1v) is 13.8. The molecule has 1 aliphatic heterocycles. The topological polar surface area (TPSA) is 92.8 Å². The number of benzene rings is 2. The van der Waals surface area contributed by atoms with E-state index >= 15 is 0 Å². The summed E-state index contributed by atoms with van der Waals surface area (Å²) in [7, 11) is -6.11. The van der Waals surface area contributed by atoms with Crippen LogP contribution in [0.15, 0.2) is 56.9 Å². The van der Waals surface area contributed by atoms with Crippen LogP contribution < -0.4 is 13.8 Å². The minimum absolute atomic E-state index is 0.0581. The zero-order valence-electron chi connectivity index (χ0n) is 18.0. The summed E-state index contributed by atoms with van der Waals surface area (Å²) in [5.41, 5.74) is 3.51. The molecule has 0 atom stereocenters. The summed E-state index contributed by atoms with van der Waals surface area (Å²) in [6.45, 7) is 4.12. The lowest BCUT2D eigenvalue weighted by Gasteiger charge is -2.30.